The fourth-order valence-electron chi connectivity index (χ4n) is 2.61. The van der Waals surface area contributed by atoms with Crippen LogP contribution >= 0.6 is 0 Å². The molecular formula is C22H28N2O5. The summed E-state index contributed by atoms with van der Waals surface area (Å²) in [5.74, 6) is 0.405. The van der Waals surface area contributed by atoms with Crippen LogP contribution in [0.2, 0.25) is 0 Å². The lowest BCUT2D eigenvalue weighted by Gasteiger charge is -2.28. The molecule has 7 heteroatoms. The number of carbonyl (C=O) groups is 2. The topological polar surface area (TPSA) is 88.1 Å². The van der Waals surface area contributed by atoms with Crippen LogP contribution in [0, 0.1) is 0 Å². The van der Waals surface area contributed by atoms with Gasteiger partial charge in [0.15, 0.2) is 0 Å². The van der Waals surface area contributed by atoms with E-state index in [0.717, 1.165) is 5.56 Å². The van der Waals surface area contributed by atoms with Crippen LogP contribution in [0.3, 0.4) is 0 Å². The number of rotatable bonds is 9. The van der Waals surface area contributed by atoms with Gasteiger partial charge in [0.2, 0.25) is 5.91 Å². The van der Waals surface area contributed by atoms with Gasteiger partial charge in [0.05, 0.1) is 6.54 Å². The molecule has 2 N–H and O–H groups in total. The predicted octanol–water partition coefficient (Wildman–Crippen LogP) is 3.43. The number of nitrogens with zero attached hydrogens (tertiary/aromatic N) is 1. The zero-order chi connectivity index (χ0) is 21.2. The molecule has 0 aliphatic heterocycles. The van der Waals surface area contributed by atoms with E-state index in [1.165, 1.54) is 11.8 Å². The number of aliphatic hydroxyl groups excluding tert-OH is 1. The first-order valence-electron chi connectivity index (χ1n) is 9.51. The number of hydrogen-bond donors (Lipinski definition) is 2. The first kappa shape index (κ1) is 22.2. The van der Waals surface area contributed by atoms with Crippen LogP contribution in [-0.4, -0.2) is 47.3 Å². The van der Waals surface area contributed by atoms with Crippen LogP contribution in [-0.2, 0) is 16.1 Å². The Hall–Kier alpha value is -3.06. The van der Waals surface area contributed by atoms with E-state index in [0.29, 0.717) is 11.4 Å². The zero-order valence-corrected chi connectivity index (χ0v) is 17.0. The maximum atomic E-state index is 12.4. The Kier molecular flexibility index (Phi) is 8.48. The van der Waals surface area contributed by atoms with Gasteiger partial charge in [0, 0.05) is 18.7 Å². The Morgan fingerprint density at radius 2 is 1.72 bits per heavy atom. The van der Waals surface area contributed by atoms with Crippen LogP contribution in [0.1, 0.15) is 26.3 Å². The van der Waals surface area contributed by atoms with Crippen LogP contribution in [0.4, 0.5) is 10.5 Å². The van der Waals surface area contributed by atoms with E-state index >= 15 is 0 Å². The second-order valence-corrected chi connectivity index (χ2v) is 6.96. The molecule has 0 aliphatic rings. The summed E-state index contributed by atoms with van der Waals surface area (Å²) in [5.41, 5.74) is 1.56. The monoisotopic (exact) mass is 400 g/mol. The predicted molar refractivity (Wildman–Crippen MR) is 111 cm³/mol. The van der Waals surface area contributed by atoms with E-state index in [4.69, 9.17) is 9.47 Å². The normalized spacial score (nSPS) is 11.6. The van der Waals surface area contributed by atoms with Crippen molar-refractivity contribution < 1.29 is 24.2 Å². The average Bonchev–Trinajstić information content (AvgIpc) is 2.70. The Labute approximate surface area is 171 Å². The van der Waals surface area contributed by atoms with E-state index < -0.39 is 12.2 Å². The molecule has 0 fully saturated rings. The molecule has 2 aromatic rings. The van der Waals surface area contributed by atoms with Gasteiger partial charge in [0.25, 0.3) is 0 Å². The molecule has 0 aliphatic carbocycles. The van der Waals surface area contributed by atoms with Crippen LogP contribution in [0.5, 0.6) is 5.75 Å². The largest absolute Gasteiger partial charge is 0.491 e. The Bertz CT molecular complexity index is 778. The Morgan fingerprint density at radius 3 is 2.31 bits per heavy atom. The molecule has 29 heavy (non-hydrogen) atoms. The summed E-state index contributed by atoms with van der Waals surface area (Å²) in [6, 6.07) is 16.1. The number of aliphatic hydroxyl groups is 1. The first-order chi connectivity index (χ1) is 13.8. The van der Waals surface area contributed by atoms with Gasteiger partial charge in [-0.15, -0.1) is 0 Å². The van der Waals surface area contributed by atoms with E-state index in [-0.39, 0.29) is 31.7 Å². The zero-order valence-electron chi connectivity index (χ0n) is 17.0. The molecule has 0 bridgehead atoms. The van der Waals surface area contributed by atoms with E-state index in [2.05, 4.69) is 5.32 Å². The number of nitrogens with one attached hydrogen (secondary N) is 1. The summed E-state index contributed by atoms with van der Waals surface area (Å²) in [4.78, 5) is 24.9. The molecule has 0 radical (unpaired) electrons. The Balaban J connectivity index is 1.82. The van der Waals surface area contributed by atoms with Gasteiger partial charge in [-0.2, -0.15) is 0 Å². The van der Waals surface area contributed by atoms with Crippen molar-refractivity contribution in [2.75, 3.05) is 18.5 Å². The van der Waals surface area contributed by atoms with Crippen molar-refractivity contribution >= 4 is 17.7 Å². The number of amides is 2. The molecule has 1 unspecified atom stereocenters. The van der Waals surface area contributed by atoms with Crippen molar-refractivity contribution in [3.05, 3.63) is 60.2 Å². The second kappa shape index (κ2) is 11.1. The van der Waals surface area contributed by atoms with Gasteiger partial charge >= 0.3 is 6.09 Å². The minimum Gasteiger partial charge on any atom is -0.491 e. The number of anilines is 1. The smallest absolute Gasteiger partial charge is 0.410 e. The maximum absolute atomic E-state index is 12.4. The van der Waals surface area contributed by atoms with Gasteiger partial charge in [0.1, 0.15) is 25.1 Å². The highest BCUT2D eigenvalue weighted by Gasteiger charge is 2.22. The summed E-state index contributed by atoms with van der Waals surface area (Å²) >= 11 is 0. The highest BCUT2D eigenvalue weighted by atomic mass is 16.6. The molecule has 0 aromatic heterocycles. The first-order valence-corrected chi connectivity index (χ1v) is 9.51. The third kappa shape index (κ3) is 7.83. The van der Waals surface area contributed by atoms with Crippen LogP contribution in [0.25, 0.3) is 0 Å². The number of carbonyl (C=O) groups excluding carboxylic acids is 2. The van der Waals surface area contributed by atoms with E-state index in [1.54, 1.807) is 24.3 Å². The number of ether oxygens (including phenoxy) is 2. The number of hydrogen-bond acceptors (Lipinski definition) is 5. The van der Waals surface area contributed by atoms with Crippen molar-refractivity contribution in [1.82, 2.24) is 4.90 Å². The molecule has 1 atom stereocenters. The van der Waals surface area contributed by atoms with Crippen molar-refractivity contribution in [3.8, 4) is 5.75 Å². The molecule has 2 aromatic carbocycles. The van der Waals surface area contributed by atoms with Crippen molar-refractivity contribution in [1.29, 1.82) is 0 Å². The standard InChI is InChI=1S/C22H28N2O5/c1-16(2)24(22(27)29-14-18-7-5-4-6-8-18)13-20(26)15-28-21-11-9-19(10-12-21)23-17(3)25/h4-12,16,20,26H,13-15H2,1-3H3,(H,23,25). The van der Waals surface area contributed by atoms with Gasteiger partial charge in [-0.3, -0.25) is 4.79 Å². The summed E-state index contributed by atoms with van der Waals surface area (Å²) in [6.07, 6.45) is -1.36. The molecule has 0 heterocycles. The van der Waals surface area contributed by atoms with Gasteiger partial charge in [-0.25, -0.2) is 4.79 Å². The SMILES string of the molecule is CC(=O)Nc1ccc(OCC(O)CN(C(=O)OCc2ccccc2)C(C)C)cc1. The molecular weight excluding hydrogens is 372 g/mol. The third-order valence-electron chi connectivity index (χ3n) is 4.09. The highest BCUT2D eigenvalue weighted by molar-refractivity contribution is 5.88. The van der Waals surface area contributed by atoms with Gasteiger partial charge in [-0.1, -0.05) is 30.3 Å². The van der Waals surface area contributed by atoms with Crippen LogP contribution < -0.4 is 10.1 Å². The molecule has 7 nitrogen and oxygen atoms in total. The molecule has 0 spiro atoms. The highest BCUT2D eigenvalue weighted by Crippen LogP contribution is 2.16. The van der Waals surface area contributed by atoms with Crippen LogP contribution in [0.15, 0.2) is 54.6 Å². The maximum Gasteiger partial charge on any atom is 0.410 e. The number of benzene rings is 2. The molecule has 0 saturated heterocycles. The minimum atomic E-state index is -0.878. The fraction of sp³-hybridized carbons (Fsp3) is 0.364. The van der Waals surface area contributed by atoms with Crippen molar-refractivity contribution in [3.63, 3.8) is 0 Å². The summed E-state index contributed by atoms with van der Waals surface area (Å²) in [5, 5.41) is 13.0. The van der Waals surface area contributed by atoms with E-state index in [9.17, 15) is 14.7 Å². The average molecular weight is 400 g/mol. The minimum absolute atomic E-state index is 0.0225. The third-order valence-corrected chi connectivity index (χ3v) is 4.09. The summed E-state index contributed by atoms with van der Waals surface area (Å²) in [7, 11) is 0. The summed E-state index contributed by atoms with van der Waals surface area (Å²) in [6.45, 7) is 5.45. The van der Waals surface area contributed by atoms with Crippen molar-refractivity contribution in [2.24, 2.45) is 0 Å². The van der Waals surface area contributed by atoms with Crippen molar-refractivity contribution in [2.45, 2.75) is 39.5 Å². The molecule has 2 rings (SSSR count). The molecule has 156 valence electrons. The van der Waals surface area contributed by atoms with Gasteiger partial charge < -0.3 is 24.8 Å². The second-order valence-electron chi connectivity index (χ2n) is 6.96. The molecule has 2 amide bonds. The van der Waals surface area contributed by atoms with Gasteiger partial charge in [-0.05, 0) is 43.7 Å². The molecule has 0 saturated carbocycles. The lowest BCUT2D eigenvalue weighted by Crippen LogP contribution is -2.43. The lowest BCUT2D eigenvalue weighted by atomic mass is 10.2. The summed E-state index contributed by atoms with van der Waals surface area (Å²) < 4.78 is 10.9. The quantitative estimate of drug-likeness (QED) is 0.673. The fourth-order valence-corrected chi connectivity index (χ4v) is 2.61. The Morgan fingerprint density at radius 1 is 1.07 bits per heavy atom. The van der Waals surface area contributed by atoms with E-state index in [1.807, 2.05) is 44.2 Å². The lowest BCUT2D eigenvalue weighted by molar-refractivity contribution is -0.114.